The molecule has 1 amide bonds. The highest BCUT2D eigenvalue weighted by atomic mass is 32.2. The summed E-state index contributed by atoms with van der Waals surface area (Å²) in [6.07, 6.45) is 1.65. The van der Waals surface area contributed by atoms with Crippen LogP contribution in [0.5, 0.6) is 0 Å². The Morgan fingerprint density at radius 3 is 2.87 bits per heavy atom. The van der Waals surface area contributed by atoms with Crippen molar-refractivity contribution in [3.05, 3.63) is 0 Å². The van der Waals surface area contributed by atoms with Crippen LogP contribution >= 0.6 is 24.0 Å². The number of hydrogen-bond acceptors (Lipinski definition) is 3. The van der Waals surface area contributed by atoms with Crippen LogP contribution in [-0.2, 0) is 4.79 Å². The monoisotopic (exact) mass is 246 g/mol. The molecule has 1 saturated heterocycles. The summed E-state index contributed by atoms with van der Waals surface area (Å²) in [6, 6.07) is 0. The van der Waals surface area contributed by atoms with Crippen molar-refractivity contribution in [2.45, 2.75) is 19.8 Å². The molecule has 1 heterocycles. The van der Waals surface area contributed by atoms with Crippen LogP contribution in [0.2, 0.25) is 0 Å². The smallest absolute Gasteiger partial charge is 0.226 e. The van der Waals surface area contributed by atoms with Crippen molar-refractivity contribution in [2.75, 3.05) is 24.6 Å². The molecule has 0 aromatic carbocycles. The van der Waals surface area contributed by atoms with Crippen molar-refractivity contribution in [2.24, 2.45) is 11.7 Å². The molecule has 0 bridgehead atoms. The molecular weight excluding hydrogens is 228 g/mol. The molecule has 0 aromatic heterocycles. The third-order valence-electron chi connectivity index (χ3n) is 2.60. The molecule has 0 radical (unpaired) electrons. The van der Waals surface area contributed by atoms with Crippen molar-refractivity contribution in [1.82, 2.24) is 4.90 Å². The molecule has 1 fully saturated rings. The Balaban J connectivity index is 2.42. The second kappa shape index (κ2) is 6.33. The molecule has 1 atom stereocenters. The lowest BCUT2D eigenvalue weighted by Gasteiger charge is -2.23. The van der Waals surface area contributed by atoms with Crippen molar-refractivity contribution in [1.29, 1.82) is 0 Å². The number of nitrogens with two attached hydrogens (primary N) is 1. The van der Waals surface area contributed by atoms with Gasteiger partial charge in [-0.05, 0) is 19.1 Å². The molecule has 15 heavy (non-hydrogen) atoms. The Kier molecular flexibility index (Phi) is 5.39. The quantitative estimate of drug-likeness (QED) is 0.742. The summed E-state index contributed by atoms with van der Waals surface area (Å²) < 4.78 is 0. The number of amides is 1. The molecule has 2 N–H and O–H groups in total. The van der Waals surface area contributed by atoms with Crippen molar-refractivity contribution >= 4 is 34.9 Å². The van der Waals surface area contributed by atoms with Crippen LogP contribution in [0.25, 0.3) is 0 Å². The van der Waals surface area contributed by atoms with Crippen molar-refractivity contribution in [3.8, 4) is 0 Å². The highest BCUT2D eigenvalue weighted by Crippen LogP contribution is 2.25. The van der Waals surface area contributed by atoms with E-state index in [0.717, 1.165) is 24.5 Å². The molecule has 5 heteroatoms. The van der Waals surface area contributed by atoms with Gasteiger partial charge in [-0.15, -0.1) is 0 Å². The molecular formula is C10H18N2OS2. The number of thiocarbonyl (C=S) groups is 1. The lowest BCUT2D eigenvalue weighted by Crippen LogP contribution is -2.38. The van der Waals surface area contributed by atoms with Gasteiger partial charge in [0.2, 0.25) is 5.91 Å². The molecule has 1 aliphatic heterocycles. The van der Waals surface area contributed by atoms with Gasteiger partial charge in [-0.3, -0.25) is 4.79 Å². The summed E-state index contributed by atoms with van der Waals surface area (Å²) in [4.78, 5) is 14.4. The van der Waals surface area contributed by atoms with Crippen LogP contribution in [0.3, 0.4) is 0 Å². The lowest BCUT2D eigenvalue weighted by molar-refractivity contribution is -0.134. The highest BCUT2D eigenvalue weighted by Gasteiger charge is 2.26. The Morgan fingerprint density at radius 1 is 1.67 bits per heavy atom. The summed E-state index contributed by atoms with van der Waals surface area (Å²) in [7, 11) is 0. The number of rotatable bonds is 5. The van der Waals surface area contributed by atoms with Crippen LogP contribution in [0.1, 0.15) is 19.8 Å². The van der Waals surface area contributed by atoms with Crippen LogP contribution in [0.4, 0.5) is 0 Å². The largest absolute Gasteiger partial charge is 0.393 e. The number of carbonyl (C=O) groups is 1. The summed E-state index contributed by atoms with van der Waals surface area (Å²) in [5, 5.41) is 0. The van der Waals surface area contributed by atoms with E-state index >= 15 is 0 Å². The molecule has 0 aliphatic carbocycles. The van der Waals surface area contributed by atoms with Crippen molar-refractivity contribution < 1.29 is 4.79 Å². The van der Waals surface area contributed by atoms with Crippen LogP contribution in [0.15, 0.2) is 0 Å². The standard InChI is InChI=1S/C10H18N2OS2/c1-2-12(5-3-9(11)14)10(13)8-4-6-15-7-8/h8H,2-7H2,1H3,(H2,11,14). The Labute approximate surface area is 101 Å². The van der Waals surface area contributed by atoms with Gasteiger partial charge in [0.1, 0.15) is 0 Å². The fourth-order valence-electron chi connectivity index (χ4n) is 1.66. The van der Waals surface area contributed by atoms with Crippen molar-refractivity contribution in [3.63, 3.8) is 0 Å². The van der Waals surface area contributed by atoms with E-state index < -0.39 is 0 Å². The summed E-state index contributed by atoms with van der Waals surface area (Å²) in [6.45, 7) is 3.42. The van der Waals surface area contributed by atoms with Crippen LogP contribution in [-0.4, -0.2) is 40.4 Å². The fourth-order valence-corrected chi connectivity index (χ4v) is 2.96. The molecule has 0 aromatic rings. The minimum atomic E-state index is 0.223. The zero-order chi connectivity index (χ0) is 11.3. The number of carbonyl (C=O) groups excluding carboxylic acids is 1. The number of hydrogen-bond donors (Lipinski definition) is 1. The van der Waals surface area contributed by atoms with E-state index in [4.69, 9.17) is 18.0 Å². The van der Waals surface area contributed by atoms with Gasteiger partial charge >= 0.3 is 0 Å². The van der Waals surface area contributed by atoms with E-state index in [0.29, 0.717) is 18.0 Å². The SMILES string of the molecule is CCN(CCC(N)=S)C(=O)C1CCSC1. The van der Waals surface area contributed by atoms with Crippen LogP contribution in [0, 0.1) is 5.92 Å². The third kappa shape index (κ3) is 3.99. The molecule has 86 valence electrons. The normalized spacial score (nSPS) is 20.2. The molecule has 3 nitrogen and oxygen atoms in total. The third-order valence-corrected chi connectivity index (χ3v) is 3.97. The van der Waals surface area contributed by atoms with E-state index in [1.807, 2.05) is 23.6 Å². The van der Waals surface area contributed by atoms with E-state index in [1.165, 1.54) is 0 Å². The lowest BCUT2D eigenvalue weighted by atomic mass is 10.1. The first-order chi connectivity index (χ1) is 7.15. The number of nitrogens with zero attached hydrogens (tertiary/aromatic N) is 1. The summed E-state index contributed by atoms with van der Waals surface area (Å²) in [5.41, 5.74) is 5.44. The molecule has 0 spiro atoms. The first-order valence-corrected chi connectivity index (χ1v) is 6.86. The average Bonchev–Trinajstić information content (AvgIpc) is 2.70. The second-order valence-electron chi connectivity index (χ2n) is 3.69. The second-order valence-corrected chi connectivity index (χ2v) is 5.37. The predicted molar refractivity (Wildman–Crippen MR) is 69.1 cm³/mol. The molecule has 1 rings (SSSR count). The minimum Gasteiger partial charge on any atom is -0.393 e. The topological polar surface area (TPSA) is 46.3 Å². The minimum absolute atomic E-state index is 0.223. The Morgan fingerprint density at radius 2 is 2.40 bits per heavy atom. The Hall–Kier alpha value is -0.290. The number of thioether (sulfide) groups is 1. The summed E-state index contributed by atoms with van der Waals surface area (Å²) in [5.74, 6) is 2.59. The zero-order valence-corrected chi connectivity index (χ0v) is 10.7. The molecule has 0 saturated carbocycles. The highest BCUT2D eigenvalue weighted by molar-refractivity contribution is 7.99. The zero-order valence-electron chi connectivity index (χ0n) is 9.07. The summed E-state index contributed by atoms with van der Waals surface area (Å²) >= 11 is 6.68. The molecule has 1 unspecified atom stereocenters. The van der Waals surface area contributed by atoms with Crippen LogP contribution < -0.4 is 5.73 Å². The van der Waals surface area contributed by atoms with Gasteiger partial charge in [0, 0.05) is 31.2 Å². The predicted octanol–water partition coefficient (Wildman–Crippen LogP) is 1.26. The maximum Gasteiger partial charge on any atom is 0.226 e. The first kappa shape index (κ1) is 12.8. The maximum atomic E-state index is 12.0. The van der Waals surface area contributed by atoms with E-state index in [-0.39, 0.29) is 11.8 Å². The van der Waals surface area contributed by atoms with Gasteiger partial charge in [0.05, 0.1) is 4.99 Å². The first-order valence-electron chi connectivity index (χ1n) is 5.30. The van der Waals surface area contributed by atoms with E-state index in [1.54, 1.807) is 0 Å². The average molecular weight is 246 g/mol. The maximum absolute atomic E-state index is 12.0. The van der Waals surface area contributed by atoms with Gasteiger partial charge in [0.15, 0.2) is 0 Å². The van der Waals surface area contributed by atoms with E-state index in [2.05, 4.69) is 0 Å². The van der Waals surface area contributed by atoms with Gasteiger partial charge in [-0.2, -0.15) is 11.8 Å². The molecule has 1 aliphatic rings. The van der Waals surface area contributed by atoms with Gasteiger partial charge in [-0.1, -0.05) is 12.2 Å². The fraction of sp³-hybridized carbons (Fsp3) is 0.800. The Bertz CT molecular complexity index is 240. The van der Waals surface area contributed by atoms with Gasteiger partial charge in [-0.25, -0.2) is 0 Å². The van der Waals surface area contributed by atoms with E-state index in [9.17, 15) is 4.79 Å². The van der Waals surface area contributed by atoms with Gasteiger partial charge < -0.3 is 10.6 Å². The van der Waals surface area contributed by atoms with Gasteiger partial charge in [0.25, 0.3) is 0 Å².